The average molecular weight is 275 g/mol. The third kappa shape index (κ3) is 3.14. The second kappa shape index (κ2) is 5.89. The zero-order chi connectivity index (χ0) is 14.5. The van der Waals surface area contributed by atoms with Gasteiger partial charge in [-0.3, -0.25) is 15.1 Å². The largest absolute Gasteiger partial charge is 0.481 e. The normalized spacial score (nSPS) is 9.95. The molecule has 0 spiro atoms. The Balaban J connectivity index is 2.20. The van der Waals surface area contributed by atoms with Crippen LogP contribution in [0.5, 0.6) is 5.88 Å². The van der Waals surface area contributed by atoms with Crippen LogP contribution in [-0.2, 0) is 0 Å². The quantitative estimate of drug-likeness (QED) is 0.530. The van der Waals surface area contributed by atoms with Gasteiger partial charge in [-0.05, 0) is 6.92 Å². The molecule has 9 nitrogen and oxygen atoms in total. The fourth-order valence-corrected chi connectivity index (χ4v) is 1.41. The standard InChI is InChI=1S/C11H13N7O2/c1-6-3-9(20-2)16-11(14-6)17-10(19)7-4-13-5-8(15-7)18-12/h3-5H,12H2,1-2H3,(H,15,18)(H,14,16,17,19). The molecule has 0 radical (unpaired) electrons. The maximum absolute atomic E-state index is 12.0. The van der Waals surface area contributed by atoms with Gasteiger partial charge in [0.2, 0.25) is 11.8 Å². The molecule has 0 aliphatic rings. The van der Waals surface area contributed by atoms with E-state index in [1.54, 1.807) is 13.0 Å². The zero-order valence-electron chi connectivity index (χ0n) is 10.9. The van der Waals surface area contributed by atoms with Crippen molar-refractivity contribution < 1.29 is 9.53 Å². The van der Waals surface area contributed by atoms with E-state index < -0.39 is 5.91 Å². The van der Waals surface area contributed by atoms with Crippen LogP contribution in [0.3, 0.4) is 0 Å². The number of nitrogens with one attached hydrogen (secondary N) is 2. The van der Waals surface area contributed by atoms with E-state index >= 15 is 0 Å². The molecule has 0 bridgehead atoms. The van der Waals surface area contributed by atoms with Gasteiger partial charge in [0, 0.05) is 11.8 Å². The molecule has 0 aliphatic carbocycles. The van der Waals surface area contributed by atoms with Crippen LogP contribution in [0.4, 0.5) is 11.8 Å². The average Bonchev–Trinajstić information content (AvgIpc) is 2.46. The summed E-state index contributed by atoms with van der Waals surface area (Å²) in [5.41, 5.74) is 3.06. The van der Waals surface area contributed by atoms with Crippen molar-refractivity contribution in [3.05, 3.63) is 29.8 Å². The second-order valence-electron chi connectivity index (χ2n) is 3.76. The molecule has 9 heteroatoms. The van der Waals surface area contributed by atoms with Crippen molar-refractivity contribution >= 4 is 17.7 Å². The molecule has 0 aliphatic heterocycles. The molecular formula is C11H13N7O2. The van der Waals surface area contributed by atoms with Crippen LogP contribution in [0.1, 0.15) is 16.2 Å². The van der Waals surface area contributed by atoms with Crippen LogP contribution in [0.25, 0.3) is 0 Å². The molecule has 2 heterocycles. The Morgan fingerprint density at radius 2 is 2.10 bits per heavy atom. The predicted octanol–water partition coefficient (Wildman–Crippen LogP) is 0.122. The predicted molar refractivity (Wildman–Crippen MR) is 71.1 cm³/mol. The van der Waals surface area contributed by atoms with Crippen LogP contribution in [0.2, 0.25) is 0 Å². The number of amides is 1. The number of hydrogen-bond acceptors (Lipinski definition) is 8. The molecule has 0 unspecified atom stereocenters. The van der Waals surface area contributed by atoms with Crippen molar-refractivity contribution in [1.29, 1.82) is 0 Å². The number of anilines is 2. The second-order valence-corrected chi connectivity index (χ2v) is 3.76. The Labute approximate surface area is 114 Å². The minimum Gasteiger partial charge on any atom is -0.481 e. The summed E-state index contributed by atoms with van der Waals surface area (Å²) < 4.78 is 5.00. The van der Waals surface area contributed by atoms with Crippen LogP contribution >= 0.6 is 0 Å². The van der Waals surface area contributed by atoms with Gasteiger partial charge in [0.25, 0.3) is 5.91 Å². The van der Waals surface area contributed by atoms with E-state index in [4.69, 9.17) is 10.6 Å². The summed E-state index contributed by atoms with van der Waals surface area (Å²) in [6.45, 7) is 1.76. The van der Waals surface area contributed by atoms with Crippen molar-refractivity contribution in [1.82, 2.24) is 19.9 Å². The number of carbonyl (C=O) groups excluding carboxylic acids is 1. The first-order valence-corrected chi connectivity index (χ1v) is 5.62. The lowest BCUT2D eigenvalue weighted by Crippen LogP contribution is -2.18. The zero-order valence-corrected chi connectivity index (χ0v) is 10.9. The fraction of sp³-hybridized carbons (Fsp3) is 0.182. The molecule has 0 atom stereocenters. The molecule has 2 aromatic heterocycles. The summed E-state index contributed by atoms with van der Waals surface area (Å²) in [4.78, 5) is 27.9. The van der Waals surface area contributed by atoms with Gasteiger partial charge in [-0.15, -0.1) is 0 Å². The number of nitrogen functional groups attached to an aromatic ring is 1. The molecule has 1 amide bonds. The summed E-state index contributed by atoms with van der Waals surface area (Å²) in [7, 11) is 1.48. The van der Waals surface area contributed by atoms with E-state index in [1.807, 2.05) is 0 Å². The molecule has 2 aromatic rings. The van der Waals surface area contributed by atoms with Crippen LogP contribution < -0.4 is 21.3 Å². The first-order valence-electron chi connectivity index (χ1n) is 5.62. The Morgan fingerprint density at radius 3 is 2.80 bits per heavy atom. The van der Waals surface area contributed by atoms with Gasteiger partial charge in [-0.2, -0.15) is 4.98 Å². The van der Waals surface area contributed by atoms with E-state index in [-0.39, 0.29) is 17.5 Å². The highest BCUT2D eigenvalue weighted by Gasteiger charge is 2.12. The minimum atomic E-state index is -0.498. The Kier molecular flexibility index (Phi) is 4.01. The van der Waals surface area contributed by atoms with Crippen molar-refractivity contribution in [2.75, 3.05) is 17.9 Å². The number of ether oxygens (including phenoxy) is 1. The summed E-state index contributed by atoms with van der Waals surface area (Å²) in [5.74, 6) is 5.47. The molecule has 20 heavy (non-hydrogen) atoms. The first kappa shape index (κ1) is 13.6. The molecule has 0 saturated carbocycles. The lowest BCUT2D eigenvalue weighted by molar-refractivity contribution is 0.102. The van der Waals surface area contributed by atoms with E-state index in [2.05, 4.69) is 30.7 Å². The van der Waals surface area contributed by atoms with Crippen LogP contribution in [0, 0.1) is 6.92 Å². The highest BCUT2D eigenvalue weighted by atomic mass is 16.5. The van der Waals surface area contributed by atoms with Gasteiger partial charge in [0.1, 0.15) is 5.69 Å². The number of nitrogens with two attached hydrogens (primary N) is 1. The third-order valence-electron chi connectivity index (χ3n) is 2.28. The molecule has 104 valence electrons. The van der Waals surface area contributed by atoms with Crippen molar-refractivity contribution in [2.45, 2.75) is 6.92 Å². The number of methoxy groups -OCH3 is 1. The molecular weight excluding hydrogens is 262 g/mol. The number of carbonyl (C=O) groups is 1. The van der Waals surface area contributed by atoms with E-state index in [9.17, 15) is 4.79 Å². The van der Waals surface area contributed by atoms with Gasteiger partial charge in [0.15, 0.2) is 5.82 Å². The molecule has 0 aromatic carbocycles. The lowest BCUT2D eigenvalue weighted by Gasteiger charge is -2.06. The molecule has 4 N–H and O–H groups in total. The number of hydrogen-bond donors (Lipinski definition) is 3. The highest BCUT2D eigenvalue weighted by Crippen LogP contribution is 2.12. The summed E-state index contributed by atoms with van der Waals surface area (Å²) >= 11 is 0. The Morgan fingerprint density at radius 1 is 1.30 bits per heavy atom. The van der Waals surface area contributed by atoms with E-state index in [1.165, 1.54) is 19.5 Å². The number of aromatic nitrogens is 4. The van der Waals surface area contributed by atoms with Crippen molar-refractivity contribution in [3.63, 3.8) is 0 Å². The monoisotopic (exact) mass is 275 g/mol. The third-order valence-corrected chi connectivity index (χ3v) is 2.28. The maximum Gasteiger partial charge on any atom is 0.278 e. The van der Waals surface area contributed by atoms with Crippen LogP contribution in [-0.4, -0.2) is 33.0 Å². The fourth-order valence-electron chi connectivity index (χ4n) is 1.41. The van der Waals surface area contributed by atoms with Crippen LogP contribution in [0.15, 0.2) is 18.5 Å². The van der Waals surface area contributed by atoms with E-state index in [0.29, 0.717) is 11.6 Å². The lowest BCUT2D eigenvalue weighted by atomic mass is 10.4. The minimum absolute atomic E-state index is 0.0875. The smallest absolute Gasteiger partial charge is 0.278 e. The van der Waals surface area contributed by atoms with Crippen molar-refractivity contribution in [3.8, 4) is 5.88 Å². The molecule has 2 rings (SSSR count). The SMILES string of the molecule is COc1cc(C)nc(NC(=O)c2cncc(NN)n2)n1. The Bertz CT molecular complexity index is 632. The number of rotatable bonds is 4. The number of aryl methyl sites for hydroxylation is 1. The highest BCUT2D eigenvalue weighted by molar-refractivity contribution is 6.01. The van der Waals surface area contributed by atoms with Gasteiger partial charge in [0.05, 0.1) is 19.5 Å². The topological polar surface area (TPSA) is 128 Å². The van der Waals surface area contributed by atoms with Gasteiger partial charge < -0.3 is 10.2 Å². The first-order chi connectivity index (χ1) is 9.62. The Hall–Kier alpha value is -2.81. The summed E-state index contributed by atoms with van der Waals surface area (Å²) in [6.07, 6.45) is 2.70. The summed E-state index contributed by atoms with van der Waals surface area (Å²) in [6, 6.07) is 1.65. The van der Waals surface area contributed by atoms with Gasteiger partial charge in [-0.1, -0.05) is 0 Å². The number of nitrogens with zero attached hydrogens (tertiary/aromatic N) is 4. The summed E-state index contributed by atoms with van der Waals surface area (Å²) in [5, 5.41) is 2.51. The van der Waals surface area contributed by atoms with Gasteiger partial charge >= 0.3 is 0 Å². The number of hydrazine groups is 1. The molecule has 0 fully saturated rings. The molecule has 0 saturated heterocycles. The maximum atomic E-state index is 12.0. The van der Waals surface area contributed by atoms with E-state index in [0.717, 1.165) is 0 Å². The van der Waals surface area contributed by atoms with Gasteiger partial charge in [-0.25, -0.2) is 15.8 Å². The van der Waals surface area contributed by atoms with Crippen molar-refractivity contribution in [2.24, 2.45) is 5.84 Å².